The zero-order chi connectivity index (χ0) is 20.8. The number of likely N-dealkylation sites (N-methyl/N-ethyl adjacent to an activating group) is 2. The normalized spacial score (nSPS) is 22.8. The number of ether oxygens (including phenoxy) is 1. The van der Waals surface area contributed by atoms with Crippen LogP contribution in [0.2, 0.25) is 0 Å². The van der Waals surface area contributed by atoms with Crippen LogP contribution in [0.25, 0.3) is 0 Å². The van der Waals surface area contributed by atoms with Crippen molar-refractivity contribution in [1.82, 2.24) is 19.4 Å². The maximum Gasteiger partial charge on any atom is 0.360 e. The number of rotatable bonds is 2. The number of methoxy groups -OCH3 is 1. The van der Waals surface area contributed by atoms with Gasteiger partial charge in [-0.15, -0.1) is 0 Å². The highest BCUT2D eigenvalue weighted by molar-refractivity contribution is 6.34. The Balaban J connectivity index is 2.23. The van der Waals surface area contributed by atoms with Crippen molar-refractivity contribution in [3.63, 3.8) is 0 Å². The van der Waals surface area contributed by atoms with Gasteiger partial charge in [-0.1, -0.05) is 0 Å². The molecule has 2 aliphatic heterocycles. The van der Waals surface area contributed by atoms with Crippen molar-refractivity contribution in [2.75, 3.05) is 28.3 Å². The van der Waals surface area contributed by atoms with Crippen LogP contribution in [0.3, 0.4) is 0 Å². The average molecular weight is 392 g/mol. The van der Waals surface area contributed by atoms with E-state index in [1.807, 2.05) is 0 Å². The summed E-state index contributed by atoms with van der Waals surface area (Å²) in [5, 5.41) is 10.2. The van der Waals surface area contributed by atoms with Crippen LogP contribution in [-0.4, -0.2) is 70.5 Å². The molecule has 2 amide bonds. The van der Waals surface area contributed by atoms with E-state index < -0.39 is 40.3 Å². The van der Waals surface area contributed by atoms with E-state index in [-0.39, 0.29) is 11.7 Å². The maximum atomic E-state index is 12.8. The highest BCUT2D eigenvalue weighted by Gasteiger charge is 2.50. The molecule has 0 atom stereocenters. The summed E-state index contributed by atoms with van der Waals surface area (Å²) >= 11 is 0. The molecule has 3 aliphatic rings. The second-order valence-electron chi connectivity index (χ2n) is 7.58. The van der Waals surface area contributed by atoms with E-state index in [0.29, 0.717) is 19.4 Å². The predicted octanol–water partition coefficient (Wildman–Crippen LogP) is -0.319. The van der Waals surface area contributed by atoms with Crippen LogP contribution in [0.1, 0.15) is 42.0 Å². The third-order valence-electron chi connectivity index (χ3n) is 5.85. The van der Waals surface area contributed by atoms with E-state index in [2.05, 4.69) is 9.72 Å². The van der Waals surface area contributed by atoms with Crippen molar-refractivity contribution < 1.29 is 24.2 Å². The van der Waals surface area contributed by atoms with Crippen LogP contribution in [-0.2, 0) is 26.4 Å². The number of hydrogen-bond acceptors (Lipinski definition) is 7. The van der Waals surface area contributed by atoms with Gasteiger partial charge in [0.15, 0.2) is 5.69 Å². The summed E-state index contributed by atoms with van der Waals surface area (Å²) < 4.78 is 5.96. The van der Waals surface area contributed by atoms with Crippen molar-refractivity contribution in [3.8, 4) is 5.75 Å². The Labute approximate surface area is 161 Å². The van der Waals surface area contributed by atoms with E-state index in [1.54, 1.807) is 0 Å². The Morgan fingerprint density at radius 1 is 1.18 bits per heavy atom. The standard InChI is InChI=1S/C18H24N4O6/c1-20(2)14(25)15(26)21(3)18-7-5-10(6-8-18)9-22-13(24)12(23)11(16(27)28-4)19-17(18)22/h10,23H,5-9H2,1-4H3. The minimum Gasteiger partial charge on any atom is -0.501 e. The molecule has 28 heavy (non-hydrogen) atoms. The number of hydrogen-bond donors (Lipinski definition) is 1. The second kappa shape index (κ2) is 6.92. The van der Waals surface area contributed by atoms with Crippen LogP contribution in [0.5, 0.6) is 5.75 Å². The zero-order valence-electron chi connectivity index (χ0n) is 16.4. The van der Waals surface area contributed by atoms with Gasteiger partial charge in [-0.25, -0.2) is 9.78 Å². The lowest BCUT2D eigenvalue weighted by molar-refractivity contribution is -0.154. The molecule has 10 heteroatoms. The highest BCUT2D eigenvalue weighted by atomic mass is 16.5. The van der Waals surface area contributed by atoms with Crippen molar-refractivity contribution in [1.29, 1.82) is 0 Å². The monoisotopic (exact) mass is 392 g/mol. The molecule has 1 saturated carbocycles. The van der Waals surface area contributed by atoms with E-state index >= 15 is 0 Å². The molecule has 0 spiro atoms. The molecular weight excluding hydrogens is 368 g/mol. The first-order valence-corrected chi connectivity index (χ1v) is 9.06. The number of aromatic hydroxyl groups is 1. The summed E-state index contributed by atoms with van der Waals surface area (Å²) in [5.41, 5.74) is -2.25. The van der Waals surface area contributed by atoms with Gasteiger partial charge in [-0.05, 0) is 31.6 Å². The second-order valence-corrected chi connectivity index (χ2v) is 7.58. The van der Waals surface area contributed by atoms with Crippen LogP contribution >= 0.6 is 0 Å². The molecule has 1 aromatic rings. The molecule has 1 N–H and O–H groups in total. The van der Waals surface area contributed by atoms with Gasteiger partial charge in [0.25, 0.3) is 5.56 Å². The summed E-state index contributed by atoms with van der Waals surface area (Å²) in [7, 11) is 5.61. The lowest BCUT2D eigenvalue weighted by Gasteiger charge is -2.43. The first-order chi connectivity index (χ1) is 13.1. The number of fused-ring (bicyclic) bond motifs is 2. The van der Waals surface area contributed by atoms with Crippen molar-refractivity contribution in [3.05, 3.63) is 21.9 Å². The molecule has 10 nitrogen and oxygen atoms in total. The molecule has 0 aromatic carbocycles. The Morgan fingerprint density at radius 3 is 2.32 bits per heavy atom. The lowest BCUT2D eigenvalue weighted by Crippen LogP contribution is -2.54. The molecule has 1 aromatic heterocycles. The Hall–Kier alpha value is -2.91. The summed E-state index contributed by atoms with van der Waals surface area (Å²) in [5.74, 6) is -2.73. The van der Waals surface area contributed by atoms with E-state index in [9.17, 15) is 24.3 Å². The first-order valence-electron chi connectivity index (χ1n) is 9.06. The molecule has 0 saturated heterocycles. The molecular formula is C18H24N4O6. The van der Waals surface area contributed by atoms with Crippen molar-refractivity contribution in [2.24, 2.45) is 5.92 Å². The van der Waals surface area contributed by atoms with Gasteiger partial charge in [0.05, 0.1) is 7.11 Å². The van der Waals surface area contributed by atoms with Crippen LogP contribution in [0.15, 0.2) is 4.79 Å². The number of nitrogens with zero attached hydrogens (tertiary/aromatic N) is 4. The third-order valence-corrected chi connectivity index (χ3v) is 5.85. The fourth-order valence-corrected chi connectivity index (χ4v) is 4.14. The van der Waals surface area contributed by atoms with Crippen LogP contribution in [0, 0.1) is 5.92 Å². The van der Waals surface area contributed by atoms with Crippen LogP contribution < -0.4 is 5.56 Å². The first kappa shape index (κ1) is 19.8. The van der Waals surface area contributed by atoms with Gasteiger partial charge in [0.1, 0.15) is 11.4 Å². The molecule has 4 rings (SSSR count). The Kier molecular flexibility index (Phi) is 4.90. The van der Waals surface area contributed by atoms with Gasteiger partial charge >= 0.3 is 17.8 Å². The number of aromatic nitrogens is 2. The topological polar surface area (TPSA) is 122 Å². The fourth-order valence-electron chi connectivity index (χ4n) is 4.14. The zero-order valence-corrected chi connectivity index (χ0v) is 16.4. The largest absolute Gasteiger partial charge is 0.501 e. The van der Waals surface area contributed by atoms with Crippen molar-refractivity contribution >= 4 is 17.8 Å². The summed E-state index contributed by atoms with van der Waals surface area (Å²) in [6, 6.07) is 0. The van der Waals surface area contributed by atoms with Gasteiger partial charge < -0.3 is 19.6 Å². The Morgan fingerprint density at radius 2 is 1.79 bits per heavy atom. The summed E-state index contributed by atoms with van der Waals surface area (Å²) in [6.07, 6.45) is 2.45. The Bertz CT molecular complexity index is 898. The fraction of sp³-hybridized carbons (Fsp3) is 0.611. The quantitative estimate of drug-likeness (QED) is 0.541. The highest BCUT2D eigenvalue weighted by Crippen LogP contribution is 2.46. The van der Waals surface area contributed by atoms with Crippen LogP contribution in [0.4, 0.5) is 0 Å². The van der Waals surface area contributed by atoms with Crippen molar-refractivity contribution in [2.45, 2.75) is 37.8 Å². The molecule has 2 bridgehead atoms. The summed E-state index contributed by atoms with van der Waals surface area (Å²) in [4.78, 5) is 56.7. The SMILES string of the molecule is COC(=O)c1nc2n(c(=O)c1O)CC1CCC2(N(C)C(=O)C(=O)N(C)C)CC1. The van der Waals surface area contributed by atoms with Gasteiger partial charge in [0.2, 0.25) is 5.75 Å². The maximum absolute atomic E-state index is 12.8. The van der Waals surface area contributed by atoms with E-state index in [0.717, 1.165) is 20.0 Å². The molecule has 152 valence electrons. The molecule has 1 fully saturated rings. The van der Waals surface area contributed by atoms with Gasteiger partial charge in [0, 0.05) is 27.7 Å². The lowest BCUT2D eigenvalue weighted by atomic mass is 9.76. The molecule has 0 radical (unpaired) electrons. The van der Waals surface area contributed by atoms with Gasteiger partial charge in [-0.3, -0.25) is 19.0 Å². The summed E-state index contributed by atoms with van der Waals surface area (Å²) in [6.45, 7) is 0.335. The average Bonchev–Trinajstić information content (AvgIpc) is 2.95. The third kappa shape index (κ3) is 2.83. The minimum atomic E-state index is -1.02. The predicted molar refractivity (Wildman–Crippen MR) is 96.6 cm³/mol. The number of amides is 2. The minimum absolute atomic E-state index is 0.185. The number of carbonyl (C=O) groups excluding carboxylic acids is 3. The van der Waals surface area contributed by atoms with Gasteiger partial charge in [-0.2, -0.15) is 0 Å². The number of carbonyl (C=O) groups is 3. The smallest absolute Gasteiger partial charge is 0.360 e. The number of esters is 1. The molecule has 3 heterocycles. The molecule has 0 unspecified atom stereocenters. The van der Waals surface area contributed by atoms with E-state index in [4.69, 9.17) is 0 Å². The van der Waals surface area contributed by atoms with E-state index in [1.165, 1.54) is 35.5 Å². The molecule has 1 aliphatic carbocycles.